The molecule has 1 aromatic carbocycles. The second-order valence-corrected chi connectivity index (χ2v) is 11.6. The zero-order valence-electron chi connectivity index (χ0n) is 17.3. The van der Waals surface area contributed by atoms with Crippen molar-refractivity contribution in [2.75, 3.05) is 22.9 Å². The Hall–Kier alpha value is -1.86. The third-order valence-electron chi connectivity index (χ3n) is 5.75. The minimum absolute atomic E-state index is 0.256. The van der Waals surface area contributed by atoms with Crippen molar-refractivity contribution in [2.45, 2.75) is 29.4 Å². The summed E-state index contributed by atoms with van der Waals surface area (Å²) in [5, 5.41) is 1.36. The molecule has 0 saturated carbocycles. The van der Waals surface area contributed by atoms with Gasteiger partial charge in [0.15, 0.2) is 0 Å². The summed E-state index contributed by atoms with van der Waals surface area (Å²) in [7, 11) is -3.50. The molecule has 4 heterocycles. The van der Waals surface area contributed by atoms with Gasteiger partial charge < -0.3 is 21.3 Å². The molecule has 0 bridgehead atoms. The molecule has 0 aliphatic carbocycles. The Kier molecular flexibility index (Phi) is 6.06. The van der Waals surface area contributed by atoms with Crippen LogP contribution in [0.5, 0.6) is 0 Å². The summed E-state index contributed by atoms with van der Waals surface area (Å²) in [5.41, 5.74) is 14.3. The van der Waals surface area contributed by atoms with Crippen LogP contribution in [-0.4, -0.2) is 48.8 Å². The highest BCUT2D eigenvalue weighted by molar-refractivity contribution is 8.04. The Morgan fingerprint density at radius 1 is 1.03 bits per heavy atom. The molecule has 1 saturated heterocycles. The number of hydrogen-bond donors (Lipinski definition) is 2. The van der Waals surface area contributed by atoms with E-state index in [1.54, 1.807) is 40.4 Å². The van der Waals surface area contributed by atoms with E-state index in [1.165, 1.54) is 28.5 Å². The molecule has 13 heteroatoms. The number of aromatic nitrogens is 1. The van der Waals surface area contributed by atoms with Crippen molar-refractivity contribution in [3.63, 3.8) is 0 Å². The Bertz CT molecular complexity index is 1230. The smallest absolute Gasteiger partial charge is 0.243 e. The van der Waals surface area contributed by atoms with Gasteiger partial charge >= 0.3 is 0 Å². The number of anilines is 2. The van der Waals surface area contributed by atoms with Gasteiger partial charge in [-0.05, 0) is 37.1 Å². The van der Waals surface area contributed by atoms with Gasteiger partial charge in [0.1, 0.15) is 16.7 Å². The van der Waals surface area contributed by atoms with Crippen LogP contribution >= 0.6 is 35.0 Å². The van der Waals surface area contributed by atoms with Crippen molar-refractivity contribution in [1.29, 1.82) is 0 Å². The SMILES string of the molecule is NC1C2=C(N=CN1c1ccc(S(=O)(=O)N3CCCC3)cc1)SC(N)N2c1c(Cl)cncc1Cl. The lowest BCUT2D eigenvalue weighted by Crippen LogP contribution is -2.50. The number of aliphatic imine (C=N–C) groups is 1. The molecule has 1 fully saturated rings. The van der Waals surface area contributed by atoms with Crippen LogP contribution in [0.15, 0.2) is 57.3 Å². The highest BCUT2D eigenvalue weighted by Crippen LogP contribution is 2.47. The zero-order chi connectivity index (χ0) is 23.3. The van der Waals surface area contributed by atoms with Crippen LogP contribution in [-0.2, 0) is 10.0 Å². The van der Waals surface area contributed by atoms with Crippen LogP contribution in [0.1, 0.15) is 12.8 Å². The maximum absolute atomic E-state index is 12.8. The number of hydrogen-bond acceptors (Lipinski definition) is 9. The number of pyridine rings is 1. The molecular weight excluding hydrogens is 505 g/mol. The van der Waals surface area contributed by atoms with Crippen molar-refractivity contribution in [1.82, 2.24) is 9.29 Å². The molecule has 0 amide bonds. The fourth-order valence-electron chi connectivity index (χ4n) is 4.13. The second-order valence-electron chi connectivity index (χ2n) is 7.72. The topological polar surface area (TPSA) is 121 Å². The molecule has 33 heavy (non-hydrogen) atoms. The maximum Gasteiger partial charge on any atom is 0.243 e. The molecule has 0 radical (unpaired) electrons. The summed E-state index contributed by atoms with van der Waals surface area (Å²) in [6.45, 7) is 1.11. The zero-order valence-corrected chi connectivity index (χ0v) is 20.4. The summed E-state index contributed by atoms with van der Waals surface area (Å²) in [5.74, 6) is 0. The van der Waals surface area contributed by atoms with E-state index in [9.17, 15) is 8.42 Å². The minimum Gasteiger partial charge on any atom is -0.311 e. The van der Waals surface area contributed by atoms with Crippen molar-refractivity contribution in [2.24, 2.45) is 16.5 Å². The molecule has 0 spiro atoms. The number of thioether (sulfide) groups is 1. The van der Waals surface area contributed by atoms with Gasteiger partial charge in [0, 0.05) is 31.2 Å². The van der Waals surface area contributed by atoms with Crippen LogP contribution in [0.25, 0.3) is 0 Å². The number of nitrogens with two attached hydrogens (primary N) is 2. The van der Waals surface area contributed by atoms with E-state index in [1.807, 2.05) is 0 Å². The fourth-order valence-corrected chi connectivity index (χ4v) is 7.19. The number of nitrogens with zero attached hydrogens (tertiary/aromatic N) is 5. The molecular formula is C20H21Cl2N7O2S2. The molecule has 1 aromatic heterocycles. The average Bonchev–Trinajstić information content (AvgIpc) is 3.44. The van der Waals surface area contributed by atoms with Gasteiger partial charge in [-0.3, -0.25) is 4.98 Å². The lowest BCUT2D eigenvalue weighted by Gasteiger charge is -2.36. The fraction of sp³-hybridized carbons (Fsp3) is 0.300. The third kappa shape index (κ3) is 3.91. The van der Waals surface area contributed by atoms with Crippen molar-refractivity contribution >= 4 is 62.7 Å². The van der Waals surface area contributed by atoms with E-state index in [0.29, 0.717) is 45.2 Å². The van der Waals surface area contributed by atoms with E-state index < -0.39 is 21.7 Å². The quantitative estimate of drug-likeness (QED) is 0.624. The lowest BCUT2D eigenvalue weighted by molar-refractivity contribution is 0.477. The van der Waals surface area contributed by atoms with E-state index in [0.717, 1.165) is 12.8 Å². The molecule has 5 rings (SSSR count). The van der Waals surface area contributed by atoms with E-state index in [-0.39, 0.29) is 4.90 Å². The van der Waals surface area contributed by atoms with Gasteiger partial charge in [-0.2, -0.15) is 4.31 Å². The lowest BCUT2D eigenvalue weighted by atomic mass is 10.2. The molecule has 2 atom stereocenters. The Morgan fingerprint density at radius 3 is 2.30 bits per heavy atom. The van der Waals surface area contributed by atoms with Gasteiger partial charge in [0.25, 0.3) is 0 Å². The summed E-state index contributed by atoms with van der Waals surface area (Å²) in [6.07, 6.45) is 5.72. The van der Waals surface area contributed by atoms with Gasteiger partial charge in [0.2, 0.25) is 10.0 Å². The van der Waals surface area contributed by atoms with Gasteiger partial charge in [-0.15, -0.1) is 0 Å². The van der Waals surface area contributed by atoms with Crippen molar-refractivity contribution in [3.05, 3.63) is 57.4 Å². The highest BCUT2D eigenvalue weighted by Gasteiger charge is 2.40. The second kappa shape index (κ2) is 8.73. The third-order valence-corrected chi connectivity index (χ3v) is 9.21. The first-order valence-electron chi connectivity index (χ1n) is 10.2. The Morgan fingerprint density at radius 2 is 1.67 bits per heavy atom. The van der Waals surface area contributed by atoms with Crippen LogP contribution in [0.2, 0.25) is 10.0 Å². The first kappa shape index (κ1) is 22.9. The predicted octanol–water partition coefficient (Wildman–Crippen LogP) is 2.97. The van der Waals surface area contributed by atoms with Gasteiger partial charge in [-0.1, -0.05) is 35.0 Å². The van der Waals surface area contributed by atoms with Crippen LogP contribution in [0, 0.1) is 0 Å². The predicted molar refractivity (Wildman–Crippen MR) is 133 cm³/mol. The first-order chi connectivity index (χ1) is 15.8. The van der Waals surface area contributed by atoms with Gasteiger partial charge in [-0.25, -0.2) is 13.4 Å². The minimum atomic E-state index is -3.50. The summed E-state index contributed by atoms with van der Waals surface area (Å²) < 4.78 is 27.2. The standard InChI is InChI=1S/C20H21Cl2N7O2S2/c21-14-9-25-10-15(22)16(14)29-17-18(23)28(11-26-19(17)32-20(29)24)12-3-5-13(6-4-12)33(30,31)27-7-1-2-8-27/h3-6,9-11,18,20H,1-2,7-8,23-24H2. The molecule has 3 aliphatic heterocycles. The molecule has 4 N–H and O–H groups in total. The molecule has 9 nitrogen and oxygen atoms in total. The molecule has 3 aliphatic rings. The van der Waals surface area contributed by atoms with E-state index in [2.05, 4.69) is 9.98 Å². The number of halogens is 2. The first-order valence-corrected chi connectivity index (χ1v) is 13.3. The molecule has 2 unspecified atom stereocenters. The highest BCUT2D eigenvalue weighted by atomic mass is 35.5. The average molecular weight is 526 g/mol. The van der Waals surface area contributed by atoms with Crippen LogP contribution in [0.4, 0.5) is 11.4 Å². The Labute approximate surface area is 206 Å². The Balaban J connectivity index is 1.45. The summed E-state index contributed by atoms with van der Waals surface area (Å²) in [4.78, 5) is 12.3. The monoisotopic (exact) mass is 525 g/mol. The molecule has 174 valence electrons. The normalized spacial score (nSPS) is 23.5. The van der Waals surface area contributed by atoms with Crippen LogP contribution < -0.4 is 21.3 Å². The van der Waals surface area contributed by atoms with E-state index in [4.69, 9.17) is 34.7 Å². The van der Waals surface area contributed by atoms with Crippen LogP contribution in [0.3, 0.4) is 0 Å². The van der Waals surface area contributed by atoms with E-state index >= 15 is 0 Å². The van der Waals surface area contributed by atoms with Gasteiger partial charge in [0.05, 0.1) is 32.7 Å². The van der Waals surface area contributed by atoms with Crippen molar-refractivity contribution < 1.29 is 8.42 Å². The maximum atomic E-state index is 12.8. The largest absolute Gasteiger partial charge is 0.311 e. The van der Waals surface area contributed by atoms with Crippen molar-refractivity contribution in [3.8, 4) is 0 Å². The molecule has 2 aromatic rings. The summed E-state index contributed by atoms with van der Waals surface area (Å²) >= 11 is 14.1. The number of sulfonamides is 1. The number of rotatable bonds is 4. The summed E-state index contributed by atoms with van der Waals surface area (Å²) in [6, 6.07) is 6.63. The number of benzene rings is 1.